The molecule has 0 heterocycles. The zero-order valence-corrected chi connectivity index (χ0v) is 15.5. The van der Waals surface area contributed by atoms with Crippen molar-refractivity contribution in [3.05, 3.63) is 59.9 Å². The van der Waals surface area contributed by atoms with Crippen LogP contribution >= 0.6 is 0 Å². The van der Waals surface area contributed by atoms with E-state index in [1.54, 1.807) is 6.07 Å². The molecule has 0 atom stereocenters. The zero-order valence-electron chi connectivity index (χ0n) is 14.7. The van der Waals surface area contributed by atoms with Gasteiger partial charge in [0.1, 0.15) is 5.82 Å². The fourth-order valence-corrected chi connectivity index (χ4v) is 3.36. The van der Waals surface area contributed by atoms with Gasteiger partial charge >= 0.3 is 0 Å². The average molecular weight is 379 g/mol. The lowest BCUT2D eigenvalue weighted by atomic mass is 10.2. The maximum absolute atomic E-state index is 13.2. The van der Waals surface area contributed by atoms with Crippen LogP contribution in [-0.2, 0) is 10.0 Å². The number of sulfonamides is 1. The van der Waals surface area contributed by atoms with Crippen molar-refractivity contribution in [2.45, 2.75) is 11.3 Å². The smallest absolute Gasteiger partial charge is 0.261 e. The third-order valence-corrected chi connectivity index (χ3v) is 4.93. The Labute approximate surface area is 153 Å². The number of halogens is 1. The fraction of sp³-hybridized carbons (Fsp3) is 0.278. The van der Waals surface area contributed by atoms with Gasteiger partial charge in [-0.2, -0.15) is 0 Å². The molecule has 1 amide bonds. The molecule has 0 fully saturated rings. The number of benzene rings is 2. The van der Waals surface area contributed by atoms with Gasteiger partial charge in [-0.1, -0.05) is 12.1 Å². The summed E-state index contributed by atoms with van der Waals surface area (Å²) in [4.78, 5) is 14.1. The molecule has 0 radical (unpaired) electrons. The molecule has 0 aliphatic rings. The van der Waals surface area contributed by atoms with Gasteiger partial charge in [-0.05, 0) is 63.5 Å². The first kappa shape index (κ1) is 19.9. The maximum atomic E-state index is 13.2. The Balaban J connectivity index is 2.08. The largest absolute Gasteiger partial charge is 0.352 e. The maximum Gasteiger partial charge on any atom is 0.261 e. The highest BCUT2D eigenvalue weighted by Gasteiger charge is 2.16. The second-order valence-corrected chi connectivity index (χ2v) is 7.74. The highest BCUT2D eigenvalue weighted by Crippen LogP contribution is 2.18. The summed E-state index contributed by atoms with van der Waals surface area (Å²) in [5.74, 6) is -0.886. The lowest BCUT2D eigenvalue weighted by Crippen LogP contribution is -2.27. The summed E-state index contributed by atoms with van der Waals surface area (Å²) in [5, 5.41) is 2.76. The topological polar surface area (TPSA) is 78.5 Å². The number of rotatable bonds is 8. The van der Waals surface area contributed by atoms with Gasteiger partial charge in [-0.25, -0.2) is 12.8 Å². The Morgan fingerprint density at radius 2 is 1.85 bits per heavy atom. The minimum absolute atomic E-state index is 0.0669. The van der Waals surface area contributed by atoms with Gasteiger partial charge in [0.25, 0.3) is 15.9 Å². The Hall–Kier alpha value is -2.45. The molecule has 0 bridgehead atoms. The van der Waals surface area contributed by atoms with E-state index >= 15 is 0 Å². The molecule has 0 aromatic heterocycles. The molecule has 26 heavy (non-hydrogen) atoms. The van der Waals surface area contributed by atoms with Crippen molar-refractivity contribution >= 4 is 21.6 Å². The molecule has 0 spiro atoms. The van der Waals surface area contributed by atoms with Gasteiger partial charge in [0.05, 0.1) is 10.6 Å². The summed E-state index contributed by atoms with van der Waals surface area (Å²) in [6.07, 6.45) is 0.790. The van der Waals surface area contributed by atoms with Gasteiger partial charge in [0.15, 0.2) is 0 Å². The number of hydrogen-bond acceptors (Lipinski definition) is 4. The van der Waals surface area contributed by atoms with Gasteiger partial charge in [0, 0.05) is 12.1 Å². The van der Waals surface area contributed by atoms with Crippen molar-refractivity contribution in [2.24, 2.45) is 0 Å². The van der Waals surface area contributed by atoms with Crippen LogP contribution in [-0.4, -0.2) is 46.4 Å². The van der Waals surface area contributed by atoms with Gasteiger partial charge in [-0.15, -0.1) is 0 Å². The van der Waals surface area contributed by atoms with Crippen LogP contribution in [0.5, 0.6) is 0 Å². The first-order chi connectivity index (χ1) is 12.3. The molecule has 2 aromatic carbocycles. The van der Waals surface area contributed by atoms with Crippen LogP contribution in [0.15, 0.2) is 53.4 Å². The summed E-state index contributed by atoms with van der Waals surface area (Å²) >= 11 is 0. The molecule has 0 aliphatic heterocycles. The summed E-state index contributed by atoms with van der Waals surface area (Å²) in [5.41, 5.74) is 0.362. The Morgan fingerprint density at radius 3 is 2.54 bits per heavy atom. The SMILES string of the molecule is CN(C)CCCNC(=O)c1cccc(S(=O)(=O)Nc2cccc(F)c2)c1. The lowest BCUT2D eigenvalue weighted by molar-refractivity contribution is 0.0952. The lowest BCUT2D eigenvalue weighted by Gasteiger charge is -2.11. The normalized spacial score (nSPS) is 11.4. The molecule has 0 saturated carbocycles. The van der Waals surface area contributed by atoms with Crippen molar-refractivity contribution in [3.63, 3.8) is 0 Å². The third kappa shape index (κ3) is 5.82. The van der Waals surface area contributed by atoms with Gasteiger partial charge < -0.3 is 10.2 Å². The number of carbonyl (C=O) groups excluding carboxylic acids is 1. The summed E-state index contributed by atoms with van der Waals surface area (Å²) in [6, 6.07) is 10.9. The first-order valence-corrected chi connectivity index (χ1v) is 9.57. The van der Waals surface area contributed by atoms with Crippen molar-refractivity contribution in [1.82, 2.24) is 10.2 Å². The molecule has 2 aromatic rings. The van der Waals surface area contributed by atoms with E-state index < -0.39 is 15.8 Å². The van der Waals surface area contributed by atoms with Crippen molar-refractivity contribution in [3.8, 4) is 0 Å². The Morgan fingerprint density at radius 1 is 1.12 bits per heavy atom. The summed E-state index contributed by atoms with van der Waals surface area (Å²) in [6.45, 7) is 1.34. The van der Waals surface area contributed by atoms with Crippen molar-refractivity contribution < 1.29 is 17.6 Å². The van der Waals surface area contributed by atoms with E-state index in [9.17, 15) is 17.6 Å². The number of nitrogens with zero attached hydrogens (tertiary/aromatic N) is 1. The highest BCUT2D eigenvalue weighted by atomic mass is 32.2. The molecule has 6 nitrogen and oxygen atoms in total. The van der Waals surface area contributed by atoms with Gasteiger partial charge in [0.2, 0.25) is 0 Å². The summed E-state index contributed by atoms with van der Waals surface area (Å²) in [7, 11) is -0.0335. The van der Waals surface area contributed by atoms with Crippen molar-refractivity contribution in [2.75, 3.05) is 31.9 Å². The molecular weight excluding hydrogens is 357 g/mol. The summed E-state index contributed by atoms with van der Waals surface area (Å²) < 4.78 is 40.4. The minimum Gasteiger partial charge on any atom is -0.352 e. The minimum atomic E-state index is -3.93. The predicted molar refractivity (Wildman–Crippen MR) is 99.2 cm³/mol. The molecule has 0 aliphatic carbocycles. The monoisotopic (exact) mass is 379 g/mol. The second kappa shape index (κ2) is 8.77. The van der Waals surface area contributed by atoms with E-state index in [1.807, 2.05) is 19.0 Å². The zero-order chi connectivity index (χ0) is 19.2. The Bertz CT molecular complexity index is 869. The molecule has 2 N–H and O–H groups in total. The van der Waals surface area contributed by atoms with Crippen LogP contribution in [0.2, 0.25) is 0 Å². The standard InChI is InChI=1S/C18H22FN3O3S/c1-22(2)11-5-10-20-18(23)14-6-3-9-17(12-14)26(24,25)21-16-8-4-7-15(19)13-16/h3-4,6-9,12-13,21H,5,10-11H2,1-2H3,(H,20,23). The van der Waals surface area contributed by atoms with Crippen molar-refractivity contribution in [1.29, 1.82) is 0 Å². The van der Waals surface area contributed by atoms with E-state index in [4.69, 9.17) is 0 Å². The van der Waals surface area contributed by atoms with Gasteiger partial charge in [-0.3, -0.25) is 9.52 Å². The number of amides is 1. The predicted octanol–water partition coefficient (Wildman–Crippen LogP) is 2.31. The highest BCUT2D eigenvalue weighted by molar-refractivity contribution is 7.92. The number of nitrogens with one attached hydrogen (secondary N) is 2. The Kier molecular flexibility index (Phi) is 6.70. The van der Waals surface area contributed by atoms with Crippen LogP contribution in [0.1, 0.15) is 16.8 Å². The molecule has 0 unspecified atom stereocenters. The van der Waals surface area contributed by atoms with Crippen LogP contribution in [0.25, 0.3) is 0 Å². The van der Waals surface area contributed by atoms with E-state index in [1.165, 1.54) is 36.4 Å². The van der Waals surface area contributed by atoms with Crippen LogP contribution in [0.3, 0.4) is 0 Å². The molecule has 140 valence electrons. The first-order valence-electron chi connectivity index (χ1n) is 8.09. The van der Waals surface area contributed by atoms with E-state index in [-0.39, 0.29) is 22.1 Å². The quantitative estimate of drug-likeness (QED) is 0.690. The van der Waals surface area contributed by atoms with Crippen LogP contribution in [0.4, 0.5) is 10.1 Å². The molecule has 0 saturated heterocycles. The van der Waals surface area contributed by atoms with E-state index in [2.05, 4.69) is 10.0 Å². The van der Waals surface area contributed by atoms with Crippen LogP contribution in [0, 0.1) is 5.82 Å². The van der Waals surface area contributed by atoms with E-state index in [0.717, 1.165) is 19.0 Å². The number of anilines is 1. The molecule has 2 rings (SSSR count). The molecule has 8 heteroatoms. The molecular formula is C18H22FN3O3S. The van der Waals surface area contributed by atoms with Crippen LogP contribution < -0.4 is 10.0 Å². The third-order valence-electron chi connectivity index (χ3n) is 3.55. The number of carbonyl (C=O) groups is 1. The number of hydrogen-bond donors (Lipinski definition) is 2. The average Bonchev–Trinajstić information content (AvgIpc) is 2.58. The fourth-order valence-electron chi connectivity index (χ4n) is 2.27. The second-order valence-electron chi connectivity index (χ2n) is 6.06. The van der Waals surface area contributed by atoms with E-state index in [0.29, 0.717) is 6.54 Å².